The SMILES string of the molecule is COc1ccccc1N(C)S(=O)(=O)c1cccc(C(=O)O)c1. The van der Waals surface area contributed by atoms with Crippen molar-refractivity contribution < 1.29 is 23.1 Å². The van der Waals surface area contributed by atoms with E-state index in [0.29, 0.717) is 11.4 Å². The van der Waals surface area contributed by atoms with Crippen molar-refractivity contribution in [2.75, 3.05) is 18.5 Å². The van der Waals surface area contributed by atoms with Gasteiger partial charge in [-0.1, -0.05) is 18.2 Å². The Morgan fingerprint density at radius 2 is 1.82 bits per heavy atom. The summed E-state index contributed by atoms with van der Waals surface area (Å²) >= 11 is 0. The monoisotopic (exact) mass is 321 g/mol. The fourth-order valence-electron chi connectivity index (χ4n) is 1.97. The maximum absolute atomic E-state index is 12.7. The van der Waals surface area contributed by atoms with Gasteiger partial charge in [0.15, 0.2) is 0 Å². The first kappa shape index (κ1) is 15.8. The lowest BCUT2D eigenvalue weighted by molar-refractivity contribution is 0.0696. The number of benzene rings is 2. The third-order valence-electron chi connectivity index (χ3n) is 3.16. The summed E-state index contributed by atoms with van der Waals surface area (Å²) in [6, 6.07) is 11.9. The second kappa shape index (κ2) is 6.07. The van der Waals surface area contributed by atoms with Crippen LogP contribution in [0.15, 0.2) is 53.4 Å². The van der Waals surface area contributed by atoms with Crippen LogP contribution in [-0.2, 0) is 10.0 Å². The predicted molar refractivity (Wildman–Crippen MR) is 82.0 cm³/mol. The van der Waals surface area contributed by atoms with Crippen molar-refractivity contribution in [1.29, 1.82) is 0 Å². The molecule has 2 rings (SSSR count). The maximum atomic E-state index is 12.7. The first-order valence-electron chi connectivity index (χ1n) is 6.33. The quantitative estimate of drug-likeness (QED) is 0.913. The molecule has 0 bridgehead atoms. The molecule has 1 N–H and O–H groups in total. The number of carboxylic acids is 1. The third-order valence-corrected chi connectivity index (χ3v) is 4.93. The van der Waals surface area contributed by atoms with Gasteiger partial charge in [-0.05, 0) is 30.3 Å². The molecule has 6 nitrogen and oxygen atoms in total. The number of hydrogen-bond donors (Lipinski definition) is 1. The van der Waals surface area contributed by atoms with Gasteiger partial charge in [0.25, 0.3) is 10.0 Å². The number of para-hydroxylation sites is 2. The average molecular weight is 321 g/mol. The molecule has 0 atom stereocenters. The number of nitrogens with zero attached hydrogens (tertiary/aromatic N) is 1. The van der Waals surface area contributed by atoms with Crippen molar-refractivity contribution >= 4 is 21.7 Å². The van der Waals surface area contributed by atoms with E-state index in [0.717, 1.165) is 10.4 Å². The number of methoxy groups -OCH3 is 1. The number of sulfonamides is 1. The molecule has 0 amide bonds. The Labute approximate surface area is 128 Å². The van der Waals surface area contributed by atoms with Crippen LogP contribution in [0.5, 0.6) is 5.75 Å². The van der Waals surface area contributed by atoms with Gasteiger partial charge >= 0.3 is 5.97 Å². The number of ether oxygens (including phenoxy) is 1. The topological polar surface area (TPSA) is 83.9 Å². The number of aromatic carboxylic acids is 1. The molecule has 0 aliphatic heterocycles. The lowest BCUT2D eigenvalue weighted by Crippen LogP contribution is -2.27. The minimum atomic E-state index is -3.89. The van der Waals surface area contributed by atoms with Crippen molar-refractivity contribution in [3.8, 4) is 5.75 Å². The van der Waals surface area contributed by atoms with E-state index < -0.39 is 16.0 Å². The zero-order valence-corrected chi connectivity index (χ0v) is 12.9. The third kappa shape index (κ3) is 2.89. The summed E-state index contributed by atoms with van der Waals surface area (Å²) in [4.78, 5) is 10.9. The number of anilines is 1. The second-order valence-electron chi connectivity index (χ2n) is 4.48. The van der Waals surface area contributed by atoms with Gasteiger partial charge in [-0.2, -0.15) is 0 Å². The van der Waals surface area contributed by atoms with Crippen molar-refractivity contribution in [1.82, 2.24) is 0 Å². The molecule has 0 aliphatic carbocycles. The van der Waals surface area contributed by atoms with E-state index in [2.05, 4.69) is 0 Å². The van der Waals surface area contributed by atoms with Crippen LogP contribution in [0.3, 0.4) is 0 Å². The van der Waals surface area contributed by atoms with E-state index in [-0.39, 0.29) is 10.5 Å². The van der Waals surface area contributed by atoms with Gasteiger partial charge in [-0.15, -0.1) is 0 Å². The average Bonchev–Trinajstić information content (AvgIpc) is 2.54. The van der Waals surface area contributed by atoms with E-state index in [4.69, 9.17) is 9.84 Å². The first-order chi connectivity index (χ1) is 10.4. The predicted octanol–water partition coefficient (Wildman–Crippen LogP) is 2.22. The smallest absolute Gasteiger partial charge is 0.335 e. The Morgan fingerprint density at radius 3 is 2.45 bits per heavy atom. The minimum Gasteiger partial charge on any atom is -0.495 e. The molecule has 0 heterocycles. The van der Waals surface area contributed by atoms with Crippen LogP contribution in [0.4, 0.5) is 5.69 Å². The molecule has 0 aliphatic rings. The maximum Gasteiger partial charge on any atom is 0.335 e. The molecule has 0 saturated heterocycles. The molecule has 0 aromatic heterocycles. The number of carboxylic acid groups (broad SMARTS) is 1. The summed E-state index contributed by atoms with van der Waals surface area (Å²) in [5.74, 6) is -0.778. The molecule has 0 fully saturated rings. The van der Waals surface area contributed by atoms with Crippen molar-refractivity contribution in [2.45, 2.75) is 4.90 Å². The summed E-state index contributed by atoms with van der Waals surface area (Å²) < 4.78 is 31.5. The lowest BCUT2D eigenvalue weighted by atomic mass is 10.2. The van der Waals surface area contributed by atoms with Crippen molar-refractivity contribution in [3.05, 3.63) is 54.1 Å². The normalized spacial score (nSPS) is 11.0. The Bertz CT molecular complexity index is 801. The van der Waals surface area contributed by atoms with Crippen LogP contribution in [-0.4, -0.2) is 33.7 Å². The zero-order valence-electron chi connectivity index (χ0n) is 12.1. The van der Waals surface area contributed by atoms with Gasteiger partial charge < -0.3 is 9.84 Å². The van der Waals surface area contributed by atoms with Crippen molar-refractivity contribution in [2.24, 2.45) is 0 Å². The molecule has 22 heavy (non-hydrogen) atoms. The highest BCUT2D eigenvalue weighted by molar-refractivity contribution is 7.92. The number of hydrogen-bond acceptors (Lipinski definition) is 4. The summed E-state index contributed by atoms with van der Waals surface area (Å²) in [5, 5.41) is 8.98. The molecule has 0 radical (unpaired) electrons. The van der Waals surface area contributed by atoms with E-state index in [1.165, 1.54) is 32.4 Å². The summed E-state index contributed by atoms with van der Waals surface area (Å²) in [7, 11) is -1.05. The molecule has 0 unspecified atom stereocenters. The van der Waals surface area contributed by atoms with Crippen LogP contribution in [0.1, 0.15) is 10.4 Å². The van der Waals surface area contributed by atoms with Gasteiger partial charge in [0.05, 0.1) is 23.3 Å². The molecule has 0 spiro atoms. The Balaban J connectivity index is 2.50. The van der Waals surface area contributed by atoms with E-state index in [9.17, 15) is 13.2 Å². The van der Waals surface area contributed by atoms with Gasteiger partial charge in [0.2, 0.25) is 0 Å². The highest BCUT2D eigenvalue weighted by Gasteiger charge is 2.24. The highest BCUT2D eigenvalue weighted by Crippen LogP contribution is 2.30. The van der Waals surface area contributed by atoms with Crippen LogP contribution in [0, 0.1) is 0 Å². The second-order valence-corrected chi connectivity index (χ2v) is 6.45. The van der Waals surface area contributed by atoms with Crippen LogP contribution >= 0.6 is 0 Å². The molecule has 2 aromatic rings. The molecule has 0 saturated carbocycles. The van der Waals surface area contributed by atoms with Crippen LogP contribution < -0.4 is 9.04 Å². The van der Waals surface area contributed by atoms with Gasteiger partial charge in [-0.25, -0.2) is 13.2 Å². The van der Waals surface area contributed by atoms with E-state index in [1.54, 1.807) is 24.3 Å². The Morgan fingerprint density at radius 1 is 1.14 bits per heavy atom. The van der Waals surface area contributed by atoms with Crippen LogP contribution in [0.2, 0.25) is 0 Å². The summed E-state index contributed by atoms with van der Waals surface area (Å²) in [5.41, 5.74) is 0.278. The molecule has 2 aromatic carbocycles. The van der Waals surface area contributed by atoms with E-state index >= 15 is 0 Å². The fraction of sp³-hybridized carbons (Fsp3) is 0.133. The Kier molecular flexibility index (Phi) is 4.37. The minimum absolute atomic E-state index is 0.0884. The first-order valence-corrected chi connectivity index (χ1v) is 7.77. The van der Waals surface area contributed by atoms with Gasteiger partial charge in [0, 0.05) is 7.05 Å². The summed E-state index contributed by atoms with van der Waals surface area (Å²) in [6.45, 7) is 0. The fourth-order valence-corrected chi connectivity index (χ4v) is 3.22. The Hall–Kier alpha value is -2.54. The number of rotatable bonds is 5. The largest absolute Gasteiger partial charge is 0.495 e. The van der Waals surface area contributed by atoms with E-state index in [1.807, 2.05) is 0 Å². The highest BCUT2D eigenvalue weighted by atomic mass is 32.2. The van der Waals surface area contributed by atoms with Gasteiger partial charge in [-0.3, -0.25) is 4.31 Å². The summed E-state index contributed by atoms with van der Waals surface area (Å²) in [6.07, 6.45) is 0. The molecule has 116 valence electrons. The lowest BCUT2D eigenvalue weighted by Gasteiger charge is -2.21. The molecular weight excluding hydrogens is 306 g/mol. The van der Waals surface area contributed by atoms with Gasteiger partial charge in [0.1, 0.15) is 5.75 Å². The molecule has 7 heteroatoms. The number of carbonyl (C=O) groups is 1. The van der Waals surface area contributed by atoms with Crippen molar-refractivity contribution in [3.63, 3.8) is 0 Å². The standard InChI is InChI=1S/C15H15NO5S/c1-16(13-8-3-4-9-14(13)21-2)22(19,20)12-7-5-6-11(10-12)15(17)18/h3-10H,1-2H3,(H,17,18). The zero-order chi connectivity index (χ0) is 16.3. The molecular formula is C15H15NO5S. The van der Waals surface area contributed by atoms with Crippen LogP contribution in [0.25, 0.3) is 0 Å².